The summed E-state index contributed by atoms with van der Waals surface area (Å²) in [5, 5.41) is 11.7. The Balaban J connectivity index is 2.04. The minimum Gasteiger partial charge on any atom is -0.477 e. The van der Waals surface area contributed by atoms with E-state index in [4.69, 9.17) is 9.52 Å². The molecule has 0 atom stereocenters. The summed E-state index contributed by atoms with van der Waals surface area (Å²) >= 11 is 0. The summed E-state index contributed by atoms with van der Waals surface area (Å²) in [6.45, 7) is 0.447. The Kier molecular flexibility index (Phi) is 2.81. The van der Waals surface area contributed by atoms with E-state index < -0.39 is 5.97 Å². The fourth-order valence-electron chi connectivity index (χ4n) is 1.16. The van der Waals surface area contributed by atoms with Gasteiger partial charge in [-0.1, -0.05) is 0 Å². The number of rotatable bonds is 4. The summed E-state index contributed by atoms with van der Waals surface area (Å²) in [7, 11) is 0. The summed E-state index contributed by atoms with van der Waals surface area (Å²) in [5.74, 6) is 0.114. The van der Waals surface area contributed by atoms with E-state index in [1.807, 2.05) is 6.07 Å². The molecular formula is C10H9N3O3. The van der Waals surface area contributed by atoms with Gasteiger partial charge in [0.05, 0.1) is 12.8 Å². The maximum atomic E-state index is 10.6. The topological polar surface area (TPSA) is 88.2 Å². The molecule has 0 saturated heterocycles. The molecule has 6 nitrogen and oxygen atoms in total. The second-order valence-corrected chi connectivity index (χ2v) is 3.03. The number of hydrogen-bond donors (Lipinski definition) is 2. The lowest BCUT2D eigenvalue weighted by Crippen LogP contribution is -2.05. The Morgan fingerprint density at radius 1 is 1.50 bits per heavy atom. The molecule has 6 heteroatoms. The Labute approximate surface area is 91.0 Å². The zero-order valence-electron chi connectivity index (χ0n) is 8.25. The largest absolute Gasteiger partial charge is 0.477 e. The first-order chi connectivity index (χ1) is 7.75. The molecule has 0 amide bonds. The number of carbonyl (C=O) groups is 1. The van der Waals surface area contributed by atoms with Crippen LogP contribution in [0.1, 0.15) is 16.2 Å². The molecule has 0 radical (unpaired) electrons. The first-order valence-corrected chi connectivity index (χ1v) is 4.57. The van der Waals surface area contributed by atoms with E-state index in [0.29, 0.717) is 12.4 Å². The van der Waals surface area contributed by atoms with E-state index in [2.05, 4.69) is 15.3 Å². The minimum atomic E-state index is -1.08. The van der Waals surface area contributed by atoms with E-state index in [-0.39, 0.29) is 5.69 Å². The van der Waals surface area contributed by atoms with Gasteiger partial charge in [0, 0.05) is 6.07 Å². The molecular weight excluding hydrogens is 210 g/mol. The van der Waals surface area contributed by atoms with Crippen LogP contribution < -0.4 is 5.32 Å². The van der Waals surface area contributed by atoms with Crippen LogP contribution >= 0.6 is 0 Å². The highest BCUT2D eigenvalue weighted by Crippen LogP contribution is 2.07. The van der Waals surface area contributed by atoms with Crippen molar-refractivity contribution in [3.05, 3.63) is 42.2 Å². The van der Waals surface area contributed by atoms with Gasteiger partial charge < -0.3 is 14.8 Å². The molecule has 0 spiro atoms. The number of furan rings is 1. The van der Waals surface area contributed by atoms with Gasteiger partial charge in [0.2, 0.25) is 0 Å². The van der Waals surface area contributed by atoms with Crippen LogP contribution in [0.3, 0.4) is 0 Å². The number of carboxylic acid groups (broad SMARTS) is 1. The monoisotopic (exact) mass is 219 g/mol. The highest BCUT2D eigenvalue weighted by molar-refractivity contribution is 5.85. The van der Waals surface area contributed by atoms with Crippen LogP contribution in [0.5, 0.6) is 0 Å². The van der Waals surface area contributed by atoms with E-state index in [9.17, 15) is 4.79 Å². The molecule has 2 aromatic rings. The van der Waals surface area contributed by atoms with Gasteiger partial charge in [0.1, 0.15) is 17.9 Å². The first kappa shape index (κ1) is 10.2. The molecule has 0 aliphatic heterocycles. The molecule has 2 N–H and O–H groups in total. The molecule has 16 heavy (non-hydrogen) atoms. The second kappa shape index (κ2) is 4.43. The van der Waals surface area contributed by atoms with Crippen molar-refractivity contribution in [2.45, 2.75) is 6.54 Å². The van der Waals surface area contributed by atoms with E-state index in [1.165, 1.54) is 12.4 Å². The van der Waals surface area contributed by atoms with Gasteiger partial charge in [-0.05, 0) is 12.1 Å². The van der Waals surface area contributed by atoms with Gasteiger partial charge in [-0.25, -0.2) is 14.8 Å². The van der Waals surface area contributed by atoms with Gasteiger partial charge in [0.15, 0.2) is 5.69 Å². The van der Waals surface area contributed by atoms with Crippen molar-refractivity contribution in [1.29, 1.82) is 0 Å². The summed E-state index contributed by atoms with van der Waals surface area (Å²) < 4.78 is 5.11. The lowest BCUT2D eigenvalue weighted by atomic mass is 10.4. The van der Waals surface area contributed by atoms with Crippen molar-refractivity contribution in [2.75, 3.05) is 5.32 Å². The Morgan fingerprint density at radius 2 is 2.38 bits per heavy atom. The quantitative estimate of drug-likeness (QED) is 0.807. The van der Waals surface area contributed by atoms with Gasteiger partial charge in [-0.2, -0.15) is 0 Å². The van der Waals surface area contributed by atoms with E-state index in [1.54, 1.807) is 12.3 Å². The van der Waals surface area contributed by atoms with Crippen LogP contribution in [0.4, 0.5) is 5.82 Å². The standard InChI is InChI=1S/C10H9N3O3/c14-10(15)8-4-9(13-6-12-8)11-5-7-2-1-3-16-7/h1-4,6H,5H2,(H,14,15)(H,11,12,13). The van der Waals surface area contributed by atoms with Crippen molar-refractivity contribution in [1.82, 2.24) is 9.97 Å². The summed E-state index contributed by atoms with van der Waals surface area (Å²) in [5.41, 5.74) is -0.0445. The average molecular weight is 219 g/mol. The van der Waals surface area contributed by atoms with Gasteiger partial charge in [-0.3, -0.25) is 0 Å². The minimum absolute atomic E-state index is 0.0445. The smallest absolute Gasteiger partial charge is 0.354 e. The van der Waals surface area contributed by atoms with Crippen molar-refractivity contribution >= 4 is 11.8 Å². The number of hydrogen-bond acceptors (Lipinski definition) is 5. The lowest BCUT2D eigenvalue weighted by Gasteiger charge is -2.03. The molecule has 2 rings (SSSR count). The first-order valence-electron chi connectivity index (χ1n) is 4.57. The molecule has 0 bridgehead atoms. The van der Waals surface area contributed by atoms with Crippen molar-refractivity contribution in [3.63, 3.8) is 0 Å². The summed E-state index contributed by atoms with van der Waals surface area (Å²) in [6.07, 6.45) is 2.77. The molecule has 2 aromatic heterocycles. The van der Waals surface area contributed by atoms with Crippen LogP contribution in [-0.4, -0.2) is 21.0 Å². The van der Waals surface area contributed by atoms with Crippen LogP contribution in [0, 0.1) is 0 Å². The number of nitrogens with zero attached hydrogens (tertiary/aromatic N) is 2. The molecule has 0 unspecified atom stereocenters. The Hall–Kier alpha value is -2.37. The zero-order chi connectivity index (χ0) is 11.4. The van der Waals surface area contributed by atoms with Crippen LogP contribution in [0.2, 0.25) is 0 Å². The molecule has 0 aromatic carbocycles. The van der Waals surface area contributed by atoms with Crippen LogP contribution in [0.25, 0.3) is 0 Å². The summed E-state index contributed by atoms with van der Waals surface area (Å²) in [4.78, 5) is 18.2. The Morgan fingerprint density at radius 3 is 3.06 bits per heavy atom. The fraction of sp³-hybridized carbons (Fsp3) is 0.100. The third-order valence-electron chi connectivity index (χ3n) is 1.91. The molecule has 0 aliphatic carbocycles. The molecule has 0 aliphatic rings. The van der Waals surface area contributed by atoms with Crippen LogP contribution in [-0.2, 0) is 6.54 Å². The second-order valence-electron chi connectivity index (χ2n) is 3.03. The average Bonchev–Trinajstić information content (AvgIpc) is 2.79. The van der Waals surface area contributed by atoms with Gasteiger partial charge >= 0.3 is 5.97 Å². The van der Waals surface area contributed by atoms with Gasteiger partial charge in [-0.15, -0.1) is 0 Å². The number of carboxylic acids is 1. The van der Waals surface area contributed by atoms with Crippen LogP contribution in [0.15, 0.2) is 35.2 Å². The predicted molar refractivity (Wildman–Crippen MR) is 55.0 cm³/mol. The Bertz CT molecular complexity index is 482. The predicted octanol–water partition coefficient (Wildman–Crippen LogP) is 1.38. The number of aromatic nitrogens is 2. The lowest BCUT2D eigenvalue weighted by molar-refractivity contribution is 0.0690. The van der Waals surface area contributed by atoms with Crippen molar-refractivity contribution < 1.29 is 14.3 Å². The normalized spacial score (nSPS) is 10.0. The van der Waals surface area contributed by atoms with Gasteiger partial charge in [0.25, 0.3) is 0 Å². The van der Waals surface area contributed by atoms with Crippen molar-refractivity contribution in [3.8, 4) is 0 Å². The summed E-state index contributed by atoms with van der Waals surface area (Å²) in [6, 6.07) is 4.96. The van der Waals surface area contributed by atoms with Crippen molar-refractivity contribution in [2.24, 2.45) is 0 Å². The third kappa shape index (κ3) is 2.35. The molecule has 2 heterocycles. The zero-order valence-corrected chi connectivity index (χ0v) is 8.25. The number of aromatic carboxylic acids is 1. The van der Waals surface area contributed by atoms with E-state index >= 15 is 0 Å². The number of nitrogens with one attached hydrogen (secondary N) is 1. The highest BCUT2D eigenvalue weighted by Gasteiger charge is 2.05. The maximum Gasteiger partial charge on any atom is 0.354 e. The third-order valence-corrected chi connectivity index (χ3v) is 1.91. The SMILES string of the molecule is O=C(O)c1cc(NCc2ccco2)ncn1. The number of anilines is 1. The molecule has 82 valence electrons. The molecule has 0 fully saturated rings. The van der Waals surface area contributed by atoms with E-state index in [0.717, 1.165) is 5.76 Å². The molecule has 0 saturated carbocycles. The maximum absolute atomic E-state index is 10.6. The highest BCUT2D eigenvalue weighted by atomic mass is 16.4. The fourth-order valence-corrected chi connectivity index (χ4v) is 1.16.